The van der Waals surface area contributed by atoms with Crippen molar-refractivity contribution in [3.63, 3.8) is 0 Å². The second kappa shape index (κ2) is 11.9. The SMILES string of the molecule is COC(=O)c1ccccc1-n1c(C)cc(C2C(c3ccccn3)NC(=S)N2CCC(=O)Nc2ccc(F)cc2)c1C. The molecule has 0 spiro atoms. The predicted molar refractivity (Wildman–Crippen MR) is 158 cm³/mol. The van der Waals surface area contributed by atoms with Gasteiger partial charge in [0, 0.05) is 36.2 Å². The molecule has 2 atom stereocenters. The highest BCUT2D eigenvalue weighted by molar-refractivity contribution is 7.80. The van der Waals surface area contributed by atoms with Crippen molar-refractivity contribution in [1.82, 2.24) is 19.8 Å². The molecule has 10 heteroatoms. The third-order valence-corrected chi connectivity index (χ3v) is 7.60. The van der Waals surface area contributed by atoms with E-state index < -0.39 is 5.97 Å². The summed E-state index contributed by atoms with van der Waals surface area (Å²) >= 11 is 5.78. The van der Waals surface area contributed by atoms with Crippen LogP contribution in [0, 0.1) is 19.7 Å². The number of carbonyl (C=O) groups excluding carboxylic acids is 2. The third kappa shape index (κ3) is 5.69. The predicted octanol–water partition coefficient (Wildman–Crippen LogP) is 5.42. The van der Waals surface area contributed by atoms with Crippen molar-refractivity contribution in [2.24, 2.45) is 0 Å². The zero-order valence-electron chi connectivity index (χ0n) is 22.9. The maximum atomic E-state index is 13.3. The topological polar surface area (TPSA) is 88.5 Å². The molecule has 2 unspecified atom stereocenters. The van der Waals surface area contributed by atoms with Crippen LogP contribution in [0.1, 0.15) is 51.5 Å². The van der Waals surface area contributed by atoms with Gasteiger partial charge in [-0.3, -0.25) is 9.78 Å². The summed E-state index contributed by atoms with van der Waals surface area (Å²) in [7, 11) is 1.37. The quantitative estimate of drug-likeness (QED) is 0.216. The van der Waals surface area contributed by atoms with Gasteiger partial charge in [-0.25, -0.2) is 9.18 Å². The second-order valence-corrected chi connectivity index (χ2v) is 10.2. The Morgan fingerprint density at radius 2 is 1.80 bits per heavy atom. The average molecular weight is 572 g/mol. The number of pyridine rings is 1. The van der Waals surface area contributed by atoms with Crippen LogP contribution < -0.4 is 10.6 Å². The number of halogens is 1. The average Bonchev–Trinajstić information content (AvgIpc) is 3.47. The molecule has 8 nitrogen and oxygen atoms in total. The Bertz CT molecular complexity index is 1590. The summed E-state index contributed by atoms with van der Waals surface area (Å²) in [5.74, 6) is -0.998. The van der Waals surface area contributed by atoms with E-state index in [9.17, 15) is 14.0 Å². The van der Waals surface area contributed by atoms with Crippen LogP contribution in [0.3, 0.4) is 0 Å². The molecule has 3 heterocycles. The number of anilines is 1. The van der Waals surface area contributed by atoms with Gasteiger partial charge in [-0.1, -0.05) is 18.2 Å². The monoisotopic (exact) mass is 571 g/mol. The highest BCUT2D eigenvalue weighted by atomic mass is 32.1. The van der Waals surface area contributed by atoms with Gasteiger partial charge < -0.3 is 24.8 Å². The van der Waals surface area contributed by atoms with Crippen molar-refractivity contribution < 1.29 is 18.7 Å². The molecule has 1 fully saturated rings. The number of nitrogens with zero attached hydrogens (tertiary/aromatic N) is 3. The van der Waals surface area contributed by atoms with Crippen molar-refractivity contribution in [3.05, 3.63) is 113 Å². The van der Waals surface area contributed by atoms with Gasteiger partial charge >= 0.3 is 5.97 Å². The molecule has 0 saturated carbocycles. The Morgan fingerprint density at radius 1 is 1.07 bits per heavy atom. The summed E-state index contributed by atoms with van der Waals surface area (Å²) in [4.78, 5) is 32.0. The van der Waals surface area contributed by atoms with Crippen LogP contribution in [-0.4, -0.2) is 45.1 Å². The molecule has 2 N–H and O–H groups in total. The number of aryl methyl sites for hydroxylation is 1. The number of amides is 1. The fraction of sp³-hybridized carbons (Fsp3) is 0.226. The fourth-order valence-electron chi connectivity index (χ4n) is 5.37. The molecule has 1 amide bonds. The van der Waals surface area contributed by atoms with E-state index in [1.54, 1.807) is 18.3 Å². The lowest BCUT2D eigenvalue weighted by molar-refractivity contribution is -0.116. The molecule has 41 heavy (non-hydrogen) atoms. The van der Waals surface area contributed by atoms with Crippen molar-refractivity contribution in [1.29, 1.82) is 0 Å². The van der Waals surface area contributed by atoms with E-state index in [0.717, 1.165) is 22.6 Å². The molecule has 1 aliphatic heterocycles. The van der Waals surface area contributed by atoms with Crippen LogP contribution in [0.25, 0.3) is 5.69 Å². The maximum Gasteiger partial charge on any atom is 0.339 e. The van der Waals surface area contributed by atoms with Crippen LogP contribution in [0.15, 0.2) is 79.0 Å². The molecular weight excluding hydrogens is 541 g/mol. The van der Waals surface area contributed by atoms with Crippen LogP contribution in [0.5, 0.6) is 0 Å². The zero-order chi connectivity index (χ0) is 29.1. The maximum absolute atomic E-state index is 13.3. The molecule has 1 aliphatic rings. The Kier molecular flexibility index (Phi) is 8.11. The Morgan fingerprint density at radius 3 is 2.51 bits per heavy atom. The number of hydrogen-bond acceptors (Lipinski definition) is 5. The van der Waals surface area contributed by atoms with Crippen molar-refractivity contribution >= 4 is 34.9 Å². The van der Waals surface area contributed by atoms with Crippen molar-refractivity contribution in [3.8, 4) is 5.69 Å². The van der Waals surface area contributed by atoms with Crippen LogP contribution >= 0.6 is 12.2 Å². The zero-order valence-corrected chi connectivity index (χ0v) is 23.7. The van der Waals surface area contributed by atoms with Gasteiger partial charge in [0.15, 0.2) is 5.11 Å². The van der Waals surface area contributed by atoms with Gasteiger partial charge in [0.2, 0.25) is 5.91 Å². The molecule has 210 valence electrons. The number of ether oxygens (including phenoxy) is 1. The number of carbonyl (C=O) groups is 2. The number of para-hydroxylation sites is 1. The molecular formula is C31H30FN5O3S. The molecule has 0 bridgehead atoms. The van der Waals surface area contributed by atoms with Gasteiger partial charge in [-0.2, -0.15) is 0 Å². The van der Waals surface area contributed by atoms with E-state index in [2.05, 4.69) is 21.7 Å². The highest BCUT2D eigenvalue weighted by Gasteiger charge is 2.41. The lowest BCUT2D eigenvalue weighted by atomic mass is 9.96. The summed E-state index contributed by atoms with van der Waals surface area (Å²) in [6, 6.07) is 20.3. The minimum absolute atomic E-state index is 0.161. The standard InChI is InChI=1S/C31H30FN5O3S/c1-19-18-24(20(2)37(19)26-10-5-4-8-23(26)30(39)40-3)29-28(25-9-6-7-16-33-25)35-31(41)36(29)17-15-27(38)34-22-13-11-21(32)12-14-22/h4-14,16,18,28-29H,15,17H2,1-3H3,(H,34,38)(H,35,41). The smallest absolute Gasteiger partial charge is 0.339 e. The molecule has 2 aromatic heterocycles. The van der Waals surface area contributed by atoms with E-state index >= 15 is 0 Å². The third-order valence-electron chi connectivity index (χ3n) is 7.24. The molecule has 0 radical (unpaired) electrons. The highest BCUT2D eigenvalue weighted by Crippen LogP contribution is 2.41. The number of aromatic nitrogens is 2. The number of rotatable bonds is 8. The van der Waals surface area contributed by atoms with Gasteiger partial charge in [-0.05, 0) is 86.2 Å². The van der Waals surface area contributed by atoms with E-state index in [0.29, 0.717) is 28.6 Å². The van der Waals surface area contributed by atoms with Crippen molar-refractivity contribution in [2.45, 2.75) is 32.4 Å². The first-order valence-corrected chi connectivity index (χ1v) is 13.6. The van der Waals surface area contributed by atoms with E-state index in [1.165, 1.54) is 31.4 Å². The lowest BCUT2D eigenvalue weighted by Crippen LogP contribution is -2.32. The summed E-state index contributed by atoms with van der Waals surface area (Å²) < 4.78 is 20.4. The first-order valence-electron chi connectivity index (χ1n) is 13.2. The van der Waals surface area contributed by atoms with Gasteiger partial charge in [-0.15, -0.1) is 0 Å². The number of thiocarbonyl (C=S) groups is 1. The largest absolute Gasteiger partial charge is 0.465 e. The summed E-state index contributed by atoms with van der Waals surface area (Å²) in [6.45, 7) is 4.34. The van der Waals surface area contributed by atoms with Gasteiger partial charge in [0.25, 0.3) is 0 Å². The summed E-state index contributed by atoms with van der Waals surface area (Å²) in [5, 5.41) is 6.75. The molecule has 1 saturated heterocycles. The van der Waals surface area contributed by atoms with Crippen LogP contribution in [0.4, 0.5) is 10.1 Å². The van der Waals surface area contributed by atoms with E-state index in [4.69, 9.17) is 17.0 Å². The number of hydrogen-bond donors (Lipinski definition) is 2. The fourth-order valence-corrected chi connectivity index (χ4v) is 5.70. The van der Waals surface area contributed by atoms with Gasteiger partial charge in [0.1, 0.15) is 5.82 Å². The molecule has 5 rings (SSSR count). The molecule has 4 aromatic rings. The number of esters is 1. The molecule has 2 aromatic carbocycles. The Hall–Kier alpha value is -4.57. The Labute approximate surface area is 243 Å². The summed E-state index contributed by atoms with van der Waals surface area (Å²) in [5.41, 5.74) is 5.36. The normalized spacial score (nSPS) is 16.4. The number of methoxy groups -OCH3 is 1. The van der Waals surface area contributed by atoms with Gasteiger partial charge in [0.05, 0.1) is 36.1 Å². The number of benzene rings is 2. The lowest BCUT2D eigenvalue weighted by Gasteiger charge is -2.28. The molecule has 0 aliphatic carbocycles. The second-order valence-electron chi connectivity index (χ2n) is 9.80. The van der Waals surface area contributed by atoms with Crippen LogP contribution in [-0.2, 0) is 9.53 Å². The van der Waals surface area contributed by atoms with Crippen molar-refractivity contribution in [2.75, 3.05) is 19.0 Å². The number of nitrogens with one attached hydrogen (secondary N) is 2. The van der Waals surface area contributed by atoms with E-state index in [1.807, 2.05) is 53.6 Å². The minimum Gasteiger partial charge on any atom is -0.465 e. The first-order chi connectivity index (χ1) is 19.8. The van der Waals surface area contributed by atoms with E-state index in [-0.39, 0.29) is 30.2 Å². The first kappa shape index (κ1) is 28.0. The Balaban J connectivity index is 1.50. The minimum atomic E-state index is -0.418. The summed E-state index contributed by atoms with van der Waals surface area (Å²) in [6.07, 6.45) is 1.90. The van der Waals surface area contributed by atoms with Crippen LogP contribution in [0.2, 0.25) is 0 Å².